The lowest BCUT2D eigenvalue weighted by molar-refractivity contribution is -0.0882. The highest BCUT2D eigenvalue weighted by molar-refractivity contribution is 7.98. The Morgan fingerprint density at radius 3 is 3.00 bits per heavy atom. The van der Waals surface area contributed by atoms with E-state index in [0.29, 0.717) is 17.7 Å². The van der Waals surface area contributed by atoms with Crippen LogP contribution in [0.4, 0.5) is 0 Å². The molecule has 1 aromatic rings. The van der Waals surface area contributed by atoms with Crippen LogP contribution in [0.3, 0.4) is 0 Å². The first-order valence-corrected chi connectivity index (χ1v) is 8.95. The van der Waals surface area contributed by atoms with E-state index in [1.54, 1.807) is 0 Å². The van der Waals surface area contributed by atoms with Gasteiger partial charge in [-0.1, -0.05) is 24.9 Å². The summed E-state index contributed by atoms with van der Waals surface area (Å²) >= 11 is 8.23. The van der Waals surface area contributed by atoms with E-state index in [-0.39, 0.29) is 5.60 Å². The number of ether oxygens (including phenoxy) is 1. The van der Waals surface area contributed by atoms with Gasteiger partial charge in [-0.15, -0.1) is 0 Å². The van der Waals surface area contributed by atoms with Gasteiger partial charge < -0.3 is 4.74 Å². The molecule has 5 heteroatoms. The van der Waals surface area contributed by atoms with E-state index < -0.39 is 0 Å². The lowest BCUT2D eigenvalue weighted by Crippen LogP contribution is -2.37. The fourth-order valence-corrected chi connectivity index (χ4v) is 4.77. The zero-order chi connectivity index (χ0) is 14.2. The van der Waals surface area contributed by atoms with Crippen molar-refractivity contribution in [2.75, 3.05) is 6.61 Å². The van der Waals surface area contributed by atoms with Crippen LogP contribution < -0.4 is 0 Å². The van der Waals surface area contributed by atoms with Gasteiger partial charge in [0.15, 0.2) is 5.82 Å². The molecule has 2 unspecified atom stereocenters. The van der Waals surface area contributed by atoms with Crippen molar-refractivity contribution in [1.82, 2.24) is 9.97 Å². The van der Waals surface area contributed by atoms with Crippen LogP contribution in [0.15, 0.2) is 0 Å². The Labute approximate surface area is 129 Å². The SMILES string of the molecule is CCOC1(c2nc(Cl)c3c(n2)CSC3)CCCC(C)C1. The molecule has 2 heterocycles. The molecular formula is C15H21ClN2OS. The van der Waals surface area contributed by atoms with Crippen molar-refractivity contribution in [2.45, 2.75) is 56.6 Å². The predicted octanol–water partition coefficient (Wildman–Crippen LogP) is 4.32. The summed E-state index contributed by atoms with van der Waals surface area (Å²) in [5, 5.41) is 0.632. The molecule has 110 valence electrons. The van der Waals surface area contributed by atoms with Gasteiger partial charge in [-0.25, -0.2) is 9.97 Å². The number of halogens is 1. The minimum atomic E-state index is -0.321. The molecule has 2 atom stereocenters. The van der Waals surface area contributed by atoms with E-state index in [1.807, 2.05) is 18.7 Å². The molecule has 20 heavy (non-hydrogen) atoms. The van der Waals surface area contributed by atoms with Crippen LogP contribution in [0.5, 0.6) is 0 Å². The van der Waals surface area contributed by atoms with Gasteiger partial charge in [0.1, 0.15) is 10.8 Å². The summed E-state index contributed by atoms with van der Waals surface area (Å²) < 4.78 is 6.15. The van der Waals surface area contributed by atoms with Gasteiger partial charge >= 0.3 is 0 Å². The zero-order valence-electron chi connectivity index (χ0n) is 12.1. The first-order valence-electron chi connectivity index (χ1n) is 7.42. The van der Waals surface area contributed by atoms with Crippen molar-refractivity contribution in [3.05, 3.63) is 22.2 Å². The molecule has 2 aliphatic rings. The van der Waals surface area contributed by atoms with Crippen molar-refractivity contribution in [3.8, 4) is 0 Å². The van der Waals surface area contributed by atoms with E-state index in [1.165, 1.54) is 12.8 Å². The van der Waals surface area contributed by atoms with E-state index in [2.05, 4.69) is 11.9 Å². The molecule has 3 rings (SSSR count). The van der Waals surface area contributed by atoms with Gasteiger partial charge in [0.05, 0.1) is 5.69 Å². The Morgan fingerprint density at radius 1 is 1.40 bits per heavy atom. The number of hydrogen-bond donors (Lipinski definition) is 0. The van der Waals surface area contributed by atoms with Gasteiger partial charge in [0.25, 0.3) is 0 Å². The van der Waals surface area contributed by atoms with Crippen molar-refractivity contribution in [3.63, 3.8) is 0 Å². The number of thioether (sulfide) groups is 1. The standard InChI is InChI=1S/C15H21ClN2OS/c1-3-19-15(6-4-5-10(2)7-15)14-17-12-9-20-8-11(12)13(16)18-14/h10H,3-9H2,1-2H3. The highest BCUT2D eigenvalue weighted by atomic mass is 35.5. The maximum absolute atomic E-state index is 6.37. The van der Waals surface area contributed by atoms with Crippen molar-refractivity contribution >= 4 is 23.4 Å². The molecule has 1 aliphatic heterocycles. The normalized spacial score (nSPS) is 29.4. The van der Waals surface area contributed by atoms with Crippen molar-refractivity contribution in [2.24, 2.45) is 5.92 Å². The van der Waals surface area contributed by atoms with E-state index in [0.717, 1.165) is 41.4 Å². The first kappa shape index (κ1) is 14.6. The number of aromatic nitrogens is 2. The minimum absolute atomic E-state index is 0.321. The molecule has 3 nitrogen and oxygen atoms in total. The van der Waals surface area contributed by atoms with Gasteiger partial charge in [0, 0.05) is 23.7 Å². The molecule has 1 aliphatic carbocycles. The smallest absolute Gasteiger partial charge is 0.162 e. The van der Waals surface area contributed by atoms with Crippen LogP contribution in [-0.2, 0) is 21.8 Å². The van der Waals surface area contributed by atoms with E-state index >= 15 is 0 Å². The van der Waals surface area contributed by atoms with Gasteiger partial charge in [-0.05, 0) is 32.1 Å². The number of fused-ring (bicyclic) bond motifs is 1. The molecular weight excluding hydrogens is 292 g/mol. The minimum Gasteiger partial charge on any atom is -0.367 e. The second kappa shape index (κ2) is 5.82. The zero-order valence-corrected chi connectivity index (χ0v) is 13.7. The lowest BCUT2D eigenvalue weighted by atomic mass is 9.78. The summed E-state index contributed by atoms with van der Waals surface area (Å²) in [6.07, 6.45) is 4.45. The summed E-state index contributed by atoms with van der Waals surface area (Å²) in [5.74, 6) is 3.35. The average Bonchev–Trinajstić information content (AvgIpc) is 2.88. The van der Waals surface area contributed by atoms with Crippen molar-refractivity contribution in [1.29, 1.82) is 0 Å². The second-order valence-corrected chi connectivity index (χ2v) is 7.23. The van der Waals surface area contributed by atoms with Crippen LogP contribution >= 0.6 is 23.4 Å². The van der Waals surface area contributed by atoms with Gasteiger partial charge in [-0.2, -0.15) is 11.8 Å². The van der Waals surface area contributed by atoms with Crippen LogP contribution in [0.2, 0.25) is 5.15 Å². The average molecular weight is 313 g/mol. The maximum atomic E-state index is 6.37. The summed E-state index contributed by atoms with van der Waals surface area (Å²) in [7, 11) is 0. The summed E-state index contributed by atoms with van der Waals surface area (Å²) in [6.45, 7) is 5.03. The fourth-order valence-electron chi connectivity index (χ4n) is 3.39. The molecule has 0 bridgehead atoms. The van der Waals surface area contributed by atoms with Gasteiger partial charge in [-0.3, -0.25) is 0 Å². The molecule has 0 N–H and O–H groups in total. The van der Waals surface area contributed by atoms with E-state index in [9.17, 15) is 0 Å². The topological polar surface area (TPSA) is 35.0 Å². The Balaban J connectivity index is 2.01. The Morgan fingerprint density at radius 2 is 2.25 bits per heavy atom. The quantitative estimate of drug-likeness (QED) is 0.779. The van der Waals surface area contributed by atoms with Crippen LogP contribution in [-0.4, -0.2) is 16.6 Å². The van der Waals surface area contributed by atoms with Crippen LogP contribution in [0.25, 0.3) is 0 Å². The number of nitrogens with zero attached hydrogens (tertiary/aromatic N) is 2. The molecule has 1 saturated carbocycles. The Bertz CT molecular complexity index is 507. The summed E-state index contributed by atoms with van der Waals surface area (Å²) in [6, 6.07) is 0. The second-order valence-electron chi connectivity index (χ2n) is 5.88. The fraction of sp³-hybridized carbons (Fsp3) is 0.733. The monoisotopic (exact) mass is 312 g/mol. The lowest BCUT2D eigenvalue weighted by Gasteiger charge is -2.38. The Hall–Kier alpha value is -0.320. The maximum Gasteiger partial charge on any atom is 0.162 e. The van der Waals surface area contributed by atoms with Crippen molar-refractivity contribution < 1.29 is 4.74 Å². The third-order valence-corrected chi connectivity index (χ3v) is 5.59. The third-order valence-electron chi connectivity index (χ3n) is 4.31. The Kier molecular flexibility index (Phi) is 4.25. The van der Waals surface area contributed by atoms with Crippen LogP contribution in [0, 0.1) is 5.92 Å². The largest absolute Gasteiger partial charge is 0.367 e. The summed E-state index contributed by atoms with van der Waals surface area (Å²) in [4.78, 5) is 9.43. The molecule has 0 amide bonds. The molecule has 0 spiro atoms. The third kappa shape index (κ3) is 2.58. The number of rotatable bonds is 3. The molecule has 0 saturated heterocycles. The number of hydrogen-bond acceptors (Lipinski definition) is 4. The molecule has 1 fully saturated rings. The molecule has 0 radical (unpaired) electrons. The van der Waals surface area contributed by atoms with Crippen LogP contribution in [0.1, 0.15) is 56.6 Å². The first-order chi connectivity index (χ1) is 9.64. The predicted molar refractivity (Wildman–Crippen MR) is 83.0 cm³/mol. The summed E-state index contributed by atoms with van der Waals surface area (Å²) in [5.41, 5.74) is 1.91. The highest BCUT2D eigenvalue weighted by Gasteiger charge is 2.41. The molecule has 0 aromatic carbocycles. The highest BCUT2D eigenvalue weighted by Crippen LogP contribution is 2.43. The molecule has 1 aromatic heterocycles. The van der Waals surface area contributed by atoms with Gasteiger partial charge in [0.2, 0.25) is 0 Å². The van der Waals surface area contributed by atoms with E-state index in [4.69, 9.17) is 21.3 Å².